The molecule has 0 amide bonds. The quantitative estimate of drug-likeness (QED) is 0.432. The highest BCUT2D eigenvalue weighted by atomic mass is 16.3. The fourth-order valence-electron chi connectivity index (χ4n) is 1.63. The fourth-order valence-corrected chi connectivity index (χ4v) is 1.63. The normalized spacial score (nSPS) is 21.2. The molecule has 13 heavy (non-hydrogen) atoms. The molecular weight excluding hydrogens is 170 g/mol. The van der Waals surface area contributed by atoms with Gasteiger partial charge >= 0.3 is 0 Å². The van der Waals surface area contributed by atoms with E-state index < -0.39 is 6.10 Å². The van der Waals surface area contributed by atoms with Gasteiger partial charge in [0.2, 0.25) is 0 Å². The predicted molar refractivity (Wildman–Crippen MR) is 46.4 cm³/mol. The van der Waals surface area contributed by atoms with Crippen LogP contribution in [0.4, 0.5) is 0 Å². The van der Waals surface area contributed by atoms with Crippen LogP contribution in [0.5, 0.6) is 11.5 Å². The van der Waals surface area contributed by atoms with Crippen LogP contribution in [0.25, 0.3) is 0 Å². The maximum Gasteiger partial charge on any atom is 0.122 e. The molecular formula is C9H11NO3. The van der Waals surface area contributed by atoms with Gasteiger partial charge < -0.3 is 20.6 Å². The first-order valence-electron chi connectivity index (χ1n) is 4.12. The van der Waals surface area contributed by atoms with E-state index in [0.717, 1.165) is 0 Å². The Balaban J connectivity index is 2.60. The summed E-state index contributed by atoms with van der Waals surface area (Å²) in [7, 11) is 0. The van der Waals surface area contributed by atoms with E-state index in [9.17, 15) is 15.3 Å². The number of phenols is 2. The van der Waals surface area contributed by atoms with Gasteiger partial charge in [-0.25, -0.2) is 0 Å². The largest absolute Gasteiger partial charge is 0.508 e. The standard InChI is InChI=1S/C9H11NO3/c11-6-1-2-7(12)9-5(6)3-10-4-8(9)13/h1-2,8,10-13H,3-4H2. The van der Waals surface area contributed by atoms with Crippen molar-refractivity contribution < 1.29 is 15.3 Å². The Labute approximate surface area is 75.5 Å². The molecule has 0 aromatic heterocycles. The van der Waals surface area contributed by atoms with Crippen molar-refractivity contribution in [2.45, 2.75) is 12.6 Å². The molecule has 1 aliphatic rings. The first kappa shape index (κ1) is 8.34. The van der Waals surface area contributed by atoms with Crippen molar-refractivity contribution in [3.05, 3.63) is 23.3 Å². The van der Waals surface area contributed by atoms with Crippen LogP contribution in [-0.4, -0.2) is 21.9 Å². The molecule has 0 aliphatic carbocycles. The highest BCUT2D eigenvalue weighted by molar-refractivity contribution is 5.49. The summed E-state index contributed by atoms with van der Waals surface area (Å²) in [6.45, 7) is 0.886. The zero-order valence-electron chi connectivity index (χ0n) is 6.99. The van der Waals surface area contributed by atoms with E-state index in [1.807, 2.05) is 0 Å². The minimum Gasteiger partial charge on any atom is -0.508 e. The number of aliphatic hydroxyl groups is 1. The third-order valence-corrected chi connectivity index (χ3v) is 2.28. The zero-order valence-corrected chi connectivity index (χ0v) is 6.99. The van der Waals surface area contributed by atoms with E-state index >= 15 is 0 Å². The first-order chi connectivity index (χ1) is 6.20. The summed E-state index contributed by atoms with van der Waals surface area (Å²) in [5, 5.41) is 31.4. The van der Waals surface area contributed by atoms with Crippen LogP contribution in [-0.2, 0) is 6.54 Å². The van der Waals surface area contributed by atoms with Crippen molar-refractivity contribution in [1.82, 2.24) is 5.32 Å². The first-order valence-corrected chi connectivity index (χ1v) is 4.12. The lowest BCUT2D eigenvalue weighted by molar-refractivity contribution is 0.160. The van der Waals surface area contributed by atoms with Gasteiger partial charge in [-0.2, -0.15) is 0 Å². The summed E-state index contributed by atoms with van der Waals surface area (Å²) in [4.78, 5) is 0. The lowest BCUT2D eigenvalue weighted by Gasteiger charge is -2.23. The average molecular weight is 181 g/mol. The number of aromatic hydroxyl groups is 2. The Bertz CT molecular complexity index is 338. The number of β-amino-alcohol motifs (C(OH)–C–C–N with tert-alkyl or cyclic N) is 1. The van der Waals surface area contributed by atoms with E-state index in [1.54, 1.807) is 0 Å². The van der Waals surface area contributed by atoms with Crippen LogP contribution < -0.4 is 5.32 Å². The van der Waals surface area contributed by atoms with E-state index in [0.29, 0.717) is 24.2 Å². The number of hydrogen-bond acceptors (Lipinski definition) is 4. The number of nitrogens with one attached hydrogen (secondary N) is 1. The topological polar surface area (TPSA) is 72.7 Å². The summed E-state index contributed by atoms with van der Waals surface area (Å²) < 4.78 is 0. The SMILES string of the molecule is Oc1ccc(O)c2c1CNCC2O. The maximum absolute atomic E-state index is 9.53. The molecule has 0 saturated carbocycles. The van der Waals surface area contributed by atoms with Crippen LogP contribution in [0.3, 0.4) is 0 Å². The van der Waals surface area contributed by atoms with Gasteiger partial charge in [0.1, 0.15) is 11.5 Å². The number of hydrogen-bond donors (Lipinski definition) is 4. The van der Waals surface area contributed by atoms with Crippen LogP contribution >= 0.6 is 0 Å². The summed E-state index contributed by atoms with van der Waals surface area (Å²) >= 11 is 0. The van der Waals surface area contributed by atoms with Gasteiger partial charge in [0.15, 0.2) is 0 Å². The molecule has 4 nitrogen and oxygen atoms in total. The number of benzene rings is 1. The molecule has 0 bridgehead atoms. The second-order valence-corrected chi connectivity index (χ2v) is 3.14. The second-order valence-electron chi connectivity index (χ2n) is 3.14. The monoisotopic (exact) mass is 181 g/mol. The molecule has 2 rings (SSSR count). The second kappa shape index (κ2) is 2.90. The lowest BCUT2D eigenvalue weighted by atomic mass is 9.97. The zero-order chi connectivity index (χ0) is 9.42. The molecule has 0 radical (unpaired) electrons. The van der Waals surface area contributed by atoms with Crippen molar-refractivity contribution in [1.29, 1.82) is 0 Å². The Morgan fingerprint density at radius 2 is 1.92 bits per heavy atom. The number of phenolic OH excluding ortho intramolecular Hbond substituents is 2. The molecule has 0 saturated heterocycles. The van der Waals surface area contributed by atoms with E-state index in [-0.39, 0.29) is 11.5 Å². The van der Waals surface area contributed by atoms with E-state index in [2.05, 4.69) is 5.32 Å². The smallest absolute Gasteiger partial charge is 0.122 e. The van der Waals surface area contributed by atoms with Gasteiger partial charge in [0.05, 0.1) is 6.10 Å². The molecule has 0 spiro atoms. The maximum atomic E-state index is 9.53. The highest BCUT2D eigenvalue weighted by Crippen LogP contribution is 2.35. The van der Waals surface area contributed by atoms with E-state index in [1.165, 1.54) is 12.1 Å². The molecule has 70 valence electrons. The fraction of sp³-hybridized carbons (Fsp3) is 0.333. The number of aliphatic hydroxyl groups excluding tert-OH is 1. The van der Waals surface area contributed by atoms with Crippen molar-refractivity contribution in [3.8, 4) is 11.5 Å². The third kappa shape index (κ3) is 1.24. The Hall–Kier alpha value is -1.26. The predicted octanol–water partition coefficient (Wildman–Crippen LogP) is 0.234. The van der Waals surface area contributed by atoms with Crippen LogP contribution in [0.15, 0.2) is 12.1 Å². The molecule has 1 atom stereocenters. The van der Waals surface area contributed by atoms with Crippen LogP contribution in [0.1, 0.15) is 17.2 Å². The minimum atomic E-state index is -0.740. The number of rotatable bonds is 0. The summed E-state index contributed by atoms with van der Waals surface area (Å²) in [5.74, 6) is 0.154. The summed E-state index contributed by atoms with van der Waals surface area (Å²) in [6.07, 6.45) is -0.740. The molecule has 4 heteroatoms. The molecule has 1 aliphatic heterocycles. The Morgan fingerprint density at radius 1 is 1.23 bits per heavy atom. The summed E-state index contributed by atoms with van der Waals surface area (Å²) in [6, 6.07) is 2.82. The van der Waals surface area contributed by atoms with Crippen LogP contribution in [0.2, 0.25) is 0 Å². The van der Waals surface area contributed by atoms with Crippen molar-refractivity contribution in [2.24, 2.45) is 0 Å². The lowest BCUT2D eigenvalue weighted by Crippen LogP contribution is -2.28. The Morgan fingerprint density at radius 3 is 2.62 bits per heavy atom. The molecule has 1 aromatic carbocycles. The molecule has 1 heterocycles. The van der Waals surface area contributed by atoms with Gasteiger partial charge in [-0.3, -0.25) is 0 Å². The minimum absolute atomic E-state index is 0.0433. The van der Waals surface area contributed by atoms with Gasteiger partial charge in [0, 0.05) is 24.2 Å². The Kier molecular flexibility index (Phi) is 1.86. The van der Waals surface area contributed by atoms with Crippen molar-refractivity contribution >= 4 is 0 Å². The molecule has 1 aromatic rings. The van der Waals surface area contributed by atoms with Gasteiger partial charge in [0.25, 0.3) is 0 Å². The van der Waals surface area contributed by atoms with Gasteiger partial charge in [-0.05, 0) is 12.1 Å². The van der Waals surface area contributed by atoms with Crippen molar-refractivity contribution in [2.75, 3.05) is 6.54 Å². The average Bonchev–Trinajstić information content (AvgIpc) is 2.12. The van der Waals surface area contributed by atoms with Gasteiger partial charge in [-0.1, -0.05) is 0 Å². The molecule has 0 fully saturated rings. The van der Waals surface area contributed by atoms with Crippen LogP contribution in [0, 0.1) is 0 Å². The van der Waals surface area contributed by atoms with E-state index in [4.69, 9.17) is 0 Å². The highest BCUT2D eigenvalue weighted by Gasteiger charge is 2.23. The molecule has 4 N–H and O–H groups in total. The number of fused-ring (bicyclic) bond motifs is 1. The summed E-state index contributed by atoms with van der Waals surface area (Å²) in [5.41, 5.74) is 1.03. The van der Waals surface area contributed by atoms with Gasteiger partial charge in [-0.15, -0.1) is 0 Å². The molecule has 1 unspecified atom stereocenters. The third-order valence-electron chi connectivity index (χ3n) is 2.28. The van der Waals surface area contributed by atoms with Crippen molar-refractivity contribution in [3.63, 3.8) is 0 Å².